The third kappa shape index (κ3) is 3.53. The summed E-state index contributed by atoms with van der Waals surface area (Å²) in [6.07, 6.45) is 4.11. The first-order valence-electron chi connectivity index (χ1n) is 9.59. The van der Waals surface area contributed by atoms with E-state index >= 15 is 0 Å². The zero-order chi connectivity index (χ0) is 19.2. The van der Waals surface area contributed by atoms with Gasteiger partial charge in [-0.3, -0.25) is 4.98 Å². The summed E-state index contributed by atoms with van der Waals surface area (Å²) in [5, 5.41) is 0.748. The van der Waals surface area contributed by atoms with E-state index in [4.69, 9.17) is 11.6 Å². The minimum atomic E-state index is 0.242. The molecule has 1 heterocycles. The largest absolute Gasteiger partial charge is 0.256 e. The fourth-order valence-electron chi connectivity index (χ4n) is 4.70. The first-order valence-corrected chi connectivity index (χ1v) is 9.97. The summed E-state index contributed by atoms with van der Waals surface area (Å²) in [4.78, 5) is 4.66. The number of hydrogen-bond donors (Lipinski definition) is 0. The van der Waals surface area contributed by atoms with Crippen LogP contribution >= 0.6 is 11.6 Å². The van der Waals surface area contributed by atoms with E-state index in [0.717, 1.165) is 22.7 Å². The molecule has 0 saturated carbocycles. The zero-order valence-electron chi connectivity index (χ0n) is 16.5. The van der Waals surface area contributed by atoms with E-state index in [0.29, 0.717) is 0 Å². The summed E-state index contributed by atoms with van der Waals surface area (Å²) < 4.78 is 0. The second-order valence-electron chi connectivity index (χ2n) is 9.06. The van der Waals surface area contributed by atoms with Gasteiger partial charge in [-0.15, -0.1) is 0 Å². The van der Waals surface area contributed by atoms with Gasteiger partial charge in [0.2, 0.25) is 0 Å². The van der Waals surface area contributed by atoms with Crippen LogP contribution in [-0.4, -0.2) is 4.98 Å². The van der Waals surface area contributed by atoms with Crippen molar-refractivity contribution in [1.29, 1.82) is 0 Å². The van der Waals surface area contributed by atoms with E-state index in [9.17, 15) is 0 Å². The Morgan fingerprint density at radius 3 is 2.15 bits per heavy atom. The van der Waals surface area contributed by atoms with Gasteiger partial charge in [0, 0.05) is 16.8 Å². The second kappa shape index (κ2) is 6.49. The molecule has 0 amide bonds. The maximum Gasteiger partial charge on any atom is 0.0702 e. The summed E-state index contributed by atoms with van der Waals surface area (Å²) in [6, 6.07) is 19.1. The summed E-state index contributed by atoms with van der Waals surface area (Å²) in [6.45, 7) is 9.46. The van der Waals surface area contributed by atoms with Crippen molar-refractivity contribution in [2.75, 3.05) is 0 Å². The third-order valence-electron chi connectivity index (χ3n) is 5.80. The van der Waals surface area contributed by atoms with Crippen LogP contribution in [0.2, 0.25) is 5.02 Å². The molecule has 1 aromatic heterocycles. The zero-order valence-corrected chi connectivity index (χ0v) is 17.3. The second-order valence-corrected chi connectivity index (χ2v) is 9.50. The van der Waals surface area contributed by atoms with E-state index in [1.54, 1.807) is 0 Å². The van der Waals surface area contributed by atoms with Crippen LogP contribution in [-0.2, 0) is 17.3 Å². The van der Waals surface area contributed by atoms with Crippen molar-refractivity contribution in [2.24, 2.45) is 0 Å². The molecular formula is C25H26ClN. The molecule has 1 aliphatic carbocycles. The molecule has 0 spiro atoms. The monoisotopic (exact) mass is 375 g/mol. The van der Waals surface area contributed by atoms with Crippen LogP contribution in [0.15, 0.2) is 60.8 Å². The summed E-state index contributed by atoms with van der Waals surface area (Å²) >= 11 is 5.97. The minimum absolute atomic E-state index is 0.242. The van der Waals surface area contributed by atoms with Gasteiger partial charge in [-0.1, -0.05) is 75.7 Å². The fraction of sp³-hybridized carbons (Fsp3) is 0.320. The molecule has 4 rings (SSSR count). The number of aromatic nitrogens is 1. The Bertz CT molecular complexity index is 966. The standard InChI is InChI=1S/C25H26ClN/c1-24(2)16-25(3,4)22-14-17(5-11-21(22)24)13-18-6-12-23(27-15-18)19-7-9-20(26)10-8-19/h5-12,14-15H,13,16H2,1-4H3. The molecule has 0 N–H and O–H groups in total. The molecule has 0 aliphatic heterocycles. The molecule has 0 unspecified atom stereocenters. The van der Waals surface area contributed by atoms with Crippen LogP contribution in [0.5, 0.6) is 0 Å². The lowest BCUT2D eigenvalue weighted by molar-refractivity contribution is 0.403. The lowest BCUT2D eigenvalue weighted by Crippen LogP contribution is -2.17. The van der Waals surface area contributed by atoms with E-state index in [1.807, 2.05) is 30.5 Å². The molecule has 1 aliphatic rings. The molecule has 0 atom stereocenters. The predicted molar refractivity (Wildman–Crippen MR) is 115 cm³/mol. The SMILES string of the molecule is CC1(C)CC(C)(C)c2cc(Cc3ccc(-c4ccc(Cl)cc4)nc3)ccc21. The Labute approximate surface area is 167 Å². The van der Waals surface area contributed by atoms with Crippen molar-refractivity contribution in [3.63, 3.8) is 0 Å². The van der Waals surface area contributed by atoms with Gasteiger partial charge in [0.1, 0.15) is 0 Å². The van der Waals surface area contributed by atoms with E-state index in [2.05, 4.69) is 63.0 Å². The highest BCUT2D eigenvalue weighted by Crippen LogP contribution is 2.49. The highest BCUT2D eigenvalue weighted by Gasteiger charge is 2.41. The number of hydrogen-bond acceptors (Lipinski definition) is 1. The molecule has 27 heavy (non-hydrogen) atoms. The van der Waals surface area contributed by atoms with Crippen LogP contribution in [0, 0.1) is 0 Å². The van der Waals surface area contributed by atoms with Gasteiger partial charge in [-0.05, 0) is 64.1 Å². The average Bonchev–Trinajstić information content (AvgIpc) is 2.80. The highest BCUT2D eigenvalue weighted by atomic mass is 35.5. The van der Waals surface area contributed by atoms with Crippen LogP contribution < -0.4 is 0 Å². The molecule has 2 heteroatoms. The Morgan fingerprint density at radius 2 is 1.48 bits per heavy atom. The quantitative estimate of drug-likeness (QED) is 0.482. The van der Waals surface area contributed by atoms with Gasteiger partial charge in [-0.25, -0.2) is 0 Å². The molecular weight excluding hydrogens is 350 g/mol. The van der Waals surface area contributed by atoms with Crippen molar-refractivity contribution in [1.82, 2.24) is 4.98 Å². The smallest absolute Gasteiger partial charge is 0.0702 e. The Kier molecular flexibility index (Phi) is 4.39. The predicted octanol–water partition coefficient (Wildman–Crippen LogP) is 6.95. The van der Waals surface area contributed by atoms with Crippen LogP contribution in [0.1, 0.15) is 56.4 Å². The van der Waals surface area contributed by atoms with Gasteiger partial charge in [0.05, 0.1) is 5.69 Å². The van der Waals surface area contributed by atoms with Gasteiger partial charge in [0.15, 0.2) is 0 Å². The average molecular weight is 376 g/mol. The van der Waals surface area contributed by atoms with Gasteiger partial charge < -0.3 is 0 Å². The van der Waals surface area contributed by atoms with Crippen LogP contribution in [0.3, 0.4) is 0 Å². The lowest BCUT2D eigenvalue weighted by Gasteiger charge is -2.22. The molecule has 3 aromatic rings. The van der Waals surface area contributed by atoms with Gasteiger partial charge in [0.25, 0.3) is 0 Å². The first-order chi connectivity index (χ1) is 12.7. The van der Waals surface area contributed by atoms with Crippen LogP contribution in [0.4, 0.5) is 0 Å². The van der Waals surface area contributed by atoms with Crippen molar-refractivity contribution < 1.29 is 0 Å². The number of pyridine rings is 1. The maximum atomic E-state index is 5.97. The Morgan fingerprint density at radius 1 is 0.815 bits per heavy atom. The number of rotatable bonds is 3. The maximum absolute atomic E-state index is 5.97. The Hall–Kier alpha value is -2.12. The van der Waals surface area contributed by atoms with Crippen molar-refractivity contribution in [3.05, 3.63) is 88.1 Å². The number of benzene rings is 2. The Balaban J connectivity index is 1.58. The number of fused-ring (bicyclic) bond motifs is 1. The lowest BCUT2D eigenvalue weighted by atomic mass is 9.82. The van der Waals surface area contributed by atoms with Gasteiger partial charge >= 0.3 is 0 Å². The minimum Gasteiger partial charge on any atom is -0.256 e. The number of nitrogens with zero attached hydrogens (tertiary/aromatic N) is 1. The van der Waals surface area contributed by atoms with Crippen molar-refractivity contribution in [3.8, 4) is 11.3 Å². The fourth-order valence-corrected chi connectivity index (χ4v) is 4.83. The molecule has 0 bridgehead atoms. The molecule has 1 nitrogen and oxygen atoms in total. The van der Waals surface area contributed by atoms with Gasteiger partial charge in [-0.2, -0.15) is 0 Å². The number of halogens is 1. The highest BCUT2D eigenvalue weighted by molar-refractivity contribution is 6.30. The van der Waals surface area contributed by atoms with Crippen molar-refractivity contribution in [2.45, 2.75) is 51.4 Å². The summed E-state index contributed by atoms with van der Waals surface area (Å²) in [7, 11) is 0. The normalized spacial score (nSPS) is 16.9. The topological polar surface area (TPSA) is 12.9 Å². The third-order valence-corrected chi connectivity index (χ3v) is 6.05. The molecule has 0 fully saturated rings. The first kappa shape index (κ1) is 18.3. The summed E-state index contributed by atoms with van der Waals surface area (Å²) in [5.74, 6) is 0. The molecule has 0 radical (unpaired) electrons. The molecule has 138 valence electrons. The molecule has 2 aromatic carbocycles. The van der Waals surface area contributed by atoms with Crippen molar-refractivity contribution >= 4 is 11.6 Å². The van der Waals surface area contributed by atoms with E-state index in [1.165, 1.54) is 28.7 Å². The van der Waals surface area contributed by atoms with Crippen LogP contribution in [0.25, 0.3) is 11.3 Å². The van der Waals surface area contributed by atoms with E-state index < -0.39 is 0 Å². The molecule has 0 saturated heterocycles. The summed E-state index contributed by atoms with van der Waals surface area (Å²) in [5.41, 5.74) is 8.19. The van der Waals surface area contributed by atoms with E-state index in [-0.39, 0.29) is 10.8 Å².